The van der Waals surface area contributed by atoms with Gasteiger partial charge in [-0.3, -0.25) is 0 Å². The van der Waals surface area contributed by atoms with Gasteiger partial charge in [-0.2, -0.15) is 0 Å². The smallest absolute Gasteiger partial charge is 0.187 e. The number of hydrogen-bond acceptors (Lipinski definition) is 2. The molecule has 8 aromatic carbocycles. The molecule has 0 aliphatic rings. The second-order valence-electron chi connectivity index (χ2n) is 14.5. The van der Waals surface area contributed by atoms with Crippen LogP contribution in [-0.2, 0) is 0 Å². The van der Waals surface area contributed by atoms with Gasteiger partial charge in [0.1, 0.15) is 0 Å². The number of aromatic nitrogens is 4. The molecule has 11 aromatic rings. The minimum absolute atomic E-state index is 0.561. The zero-order chi connectivity index (χ0) is 38.6. The predicted molar refractivity (Wildman–Crippen MR) is 239 cm³/mol. The molecule has 0 radical (unpaired) electrons. The van der Waals surface area contributed by atoms with E-state index in [-0.39, 0.29) is 0 Å². The lowest BCUT2D eigenvalue weighted by molar-refractivity contribution is 1.17. The third-order valence-electron chi connectivity index (χ3n) is 11.2. The van der Waals surface area contributed by atoms with E-state index in [0.29, 0.717) is 11.5 Å². The fraction of sp³-hybridized carbons (Fsp3) is 0. The molecule has 0 fully saturated rings. The van der Waals surface area contributed by atoms with Crippen molar-refractivity contribution < 1.29 is 0 Å². The van der Waals surface area contributed by atoms with Crippen LogP contribution < -0.4 is 0 Å². The van der Waals surface area contributed by atoms with Gasteiger partial charge < -0.3 is 9.13 Å². The number of hydrogen-bond donors (Lipinski definition) is 0. The number of rotatable bonds is 6. The first-order valence-corrected chi connectivity index (χ1v) is 19.4. The molecule has 5 nitrogen and oxygen atoms in total. The van der Waals surface area contributed by atoms with Crippen LogP contribution in [0.15, 0.2) is 200 Å². The third kappa shape index (κ3) is 5.55. The SMILES string of the molecule is [C-]#[N+]c1cccc(-c2nc(-c3ccccc3)cc(-c3ccc(-c4ccc(-n5c6ccccc6c6cc(-n7c8ccccc8c8ccccc87)ccc65)cc4)cc3)n2)c1. The predicted octanol–water partition coefficient (Wildman–Crippen LogP) is 13.9. The van der Waals surface area contributed by atoms with E-state index in [1.165, 1.54) is 43.6 Å². The van der Waals surface area contributed by atoms with Gasteiger partial charge in [0, 0.05) is 49.6 Å². The Bertz CT molecular complexity index is 3330. The van der Waals surface area contributed by atoms with Crippen molar-refractivity contribution in [1.82, 2.24) is 19.1 Å². The van der Waals surface area contributed by atoms with Crippen molar-refractivity contribution in [2.24, 2.45) is 0 Å². The molecule has 0 bridgehead atoms. The van der Waals surface area contributed by atoms with Gasteiger partial charge in [0.25, 0.3) is 0 Å². The van der Waals surface area contributed by atoms with Gasteiger partial charge in [-0.1, -0.05) is 140 Å². The molecule has 0 atom stereocenters. The Labute approximate surface area is 335 Å². The molecule has 0 unspecified atom stereocenters. The lowest BCUT2D eigenvalue weighted by Gasteiger charge is -2.12. The van der Waals surface area contributed by atoms with Crippen molar-refractivity contribution in [3.63, 3.8) is 0 Å². The first kappa shape index (κ1) is 33.3. The quantitative estimate of drug-likeness (QED) is 0.159. The molecule has 0 aliphatic carbocycles. The fourth-order valence-electron chi connectivity index (χ4n) is 8.41. The van der Waals surface area contributed by atoms with Gasteiger partial charge in [-0.25, -0.2) is 14.8 Å². The zero-order valence-electron chi connectivity index (χ0n) is 31.3. The maximum atomic E-state index is 7.51. The molecular formula is C53H33N5. The van der Waals surface area contributed by atoms with E-state index in [2.05, 4.69) is 166 Å². The lowest BCUT2D eigenvalue weighted by atomic mass is 10.0. The van der Waals surface area contributed by atoms with Crippen LogP contribution in [0.2, 0.25) is 0 Å². The summed E-state index contributed by atoms with van der Waals surface area (Å²) in [6.45, 7) is 7.51. The molecular weight excluding hydrogens is 707 g/mol. The largest absolute Gasteiger partial charge is 0.309 e. The monoisotopic (exact) mass is 739 g/mol. The van der Waals surface area contributed by atoms with Crippen molar-refractivity contribution in [3.05, 3.63) is 212 Å². The van der Waals surface area contributed by atoms with Crippen molar-refractivity contribution in [3.8, 4) is 56.4 Å². The van der Waals surface area contributed by atoms with Crippen molar-refractivity contribution in [1.29, 1.82) is 0 Å². The van der Waals surface area contributed by atoms with Crippen LogP contribution in [0.5, 0.6) is 0 Å². The molecule has 0 aliphatic heterocycles. The number of benzene rings is 8. The standard InChI is InChI=1S/C53H33N5/c1-54-40-15-11-14-39(32-40)53-55-47(37-12-3-2-4-13-37)34-48(56-53)38-24-22-35(23-25-38)36-26-28-41(29-27-36)57-51-21-10-7-18-45(51)46-33-42(30-31-52(46)57)58-49-19-8-5-16-43(49)44-17-6-9-20-50(44)58/h2-34H. The minimum atomic E-state index is 0.561. The highest BCUT2D eigenvalue weighted by Crippen LogP contribution is 2.38. The molecule has 11 rings (SSSR count). The number of para-hydroxylation sites is 3. The molecule has 0 N–H and O–H groups in total. The second kappa shape index (κ2) is 13.6. The Kier molecular flexibility index (Phi) is 7.80. The van der Waals surface area contributed by atoms with E-state index >= 15 is 0 Å². The summed E-state index contributed by atoms with van der Waals surface area (Å²) >= 11 is 0. The average Bonchev–Trinajstić information content (AvgIpc) is 3.82. The Hall–Kier alpha value is -8.07. The Morgan fingerprint density at radius 3 is 1.43 bits per heavy atom. The van der Waals surface area contributed by atoms with Gasteiger partial charge in [-0.15, -0.1) is 0 Å². The first-order chi connectivity index (χ1) is 28.7. The van der Waals surface area contributed by atoms with Gasteiger partial charge >= 0.3 is 0 Å². The highest BCUT2D eigenvalue weighted by molar-refractivity contribution is 6.12. The lowest BCUT2D eigenvalue weighted by Crippen LogP contribution is -1.96. The zero-order valence-corrected chi connectivity index (χ0v) is 31.3. The molecule has 5 heteroatoms. The van der Waals surface area contributed by atoms with Crippen LogP contribution in [0.1, 0.15) is 0 Å². The average molecular weight is 740 g/mol. The first-order valence-electron chi connectivity index (χ1n) is 19.4. The van der Waals surface area contributed by atoms with Crippen LogP contribution in [0.25, 0.3) is 105 Å². The summed E-state index contributed by atoms with van der Waals surface area (Å²) in [7, 11) is 0. The van der Waals surface area contributed by atoms with Crippen molar-refractivity contribution in [2.75, 3.05) is 0 Å². The van der Waals surface area contributed by atoms with E-state index < -0.39 is 0 Å². The summed E-state index contributed by atoms with van der Waals surface area (Å²) in [5.74, 6) is 0.592. The summed E-state index contributed by atoms with van der Waals surface area (Å²) < 4.78 is 4.76. The minimum Gasteiger partial charge on any atom is -0.309 e. The molecule has 3 heterocycles. The Balaban J connectivity index is 0.950. The van der Waals surface area contributed by atoms with Crippen LogP contribution in [-0.4, -0.2) is 19.1 Å². The topological polar surface area (TPSA) is 40.0 Å². The van der Waals surface area contributed by atoms with Gasteiger partial charge in [0.05, 0.1) is 40.0 Å². The molecule has 58 heavy (non-hydrogen) atoms. The van der Waals surface area contributed by atoms with Crippen LogP contribution in [0, 0.1) is 6.57 Å². The molecule has 0 saturated heterocycles. The van der Waals surface area contributed by atoms with Gasteiger partial charge in [-0.05, 0) is 71.8 Å². The number of fused-ring (bicyclic) bond motifs is 6. The molecule has 3 aromatic heterocycles. The highest BCUT2D eigenvalue weighted by Gasteiger charge is 2.17. The normalized spacial score (nSPS) is 11.4. The Morgan fingerprint density at radius 1 is 0.345 bits per heavy atom. The molecule has 0 saturated carbocycles. The van der Waals surface area contributed by atoms with E-state index in [0.717, 1.165) is 50.6 Å². The van der Waals surface area contributed by atoms with Crippen LogP contribution in [0.3, 0.4) is 0 Å². The molecule has 0 amide bonds. The molecule has 0 spiro atoms. The summed E-state index contributed by atoms with van der Waals surface area (Å²) in [6, 6.07) is 70.0. The third-order valence-corrected chi connectivity index (χ3v) is 11.2. The summed E-state index contributed by atoms with van der Waals surface area (Å²) in [6.07, 6.45) is 0. The second-order valence-corrected chi connectivity index (χ2v) is 14.5. The van der Waals surface area contributed by atoms with Crippen LogP contribution >= 0.6 is 0 Å². The summed E-state index contributed by atoms with van der Waals surface area (Å²) in [5.41, 5.74) is 14.3. The molecule has 270 valence electrons. The van der Waals surface area contributed by atoms with Crippen LogP contribution in [0.4, 0.5) is 5.69 Å². The van der Waals surface area contributed by atoms with Gasteiger partial charge in [0.2, 0.25) is 0 Å². The fourth-order valence-corrected chi connectivity index (χ4v) is 8.41. The maximum absolute atomic E-state index is 7.51. The van der Waals surface area contributed by atoms with E-state index in [1.807, 2.05) is 42.5 Å². The maximum Gasteiger partial charge on any atom is 0.187 e. The van der Waals surface area contributed by atoms with E-state index in [4.69, 9.17) is 16.5 Å². The summed E-state index contributed by atoms with van der Waals surface area (Å²) in [4.78, 5) is 13.5. The number of nitrogens with zero attached hydrogens (tertiary/aromatic N) is 5. The van der Waals surface area contributed by atoms with E-state index in [1.54, 1.807) is 6.07 Å². The van der Waals surface area contributed by atoms with Crippen molar-refractivity contribution in [2.45, 2.75) is 0 Å². The van der Waals surface area contributed by atoms with E-state index in [9.17, 15) is 0 Å². The van der Waals surface area contributed by atoms with Crippen molar-refractivity contribution >= 4 is 49.3 Å². The van der Waals surface area contributed by atoms with Gasteiger partial charge in [0.15, 0.2) is 11.5 Å². The summed E-state index contributed by atoms with van der Waals surface area (Å²) in [5, 5.41) is 4.96. The Morgan fingerprint density at radius 2 is 0.810 bits per heavy atom. The highest BCUT2D eigenvalue weighted by atomic mass is 15.0.